The summed E-state index contributed by atoms with van der Waals surface area (Å²) >= 11 is 0. The van der Waals surface area contributed by atoms with E-state index in [-0.39, 0.29) is 5.91 Å². The minimum Gasteiger partial charge on any atom is -0.497 e. The lowest BCUT2D eigenvalue weighted by Gasteiger charge is -2.13. The van der Waals surface area contributed by atoms with E-state index >= 15 is 0 Å². The van der Waals surface area contributed by atoms with Crippen LogP contribution in [0.3, 0.4) is 0 Å². The van der Waals surface area contributed by atoms with Crippen molar-refractivity contribution in [1.29, 1.82) is 0 Å². The number of rotatable bonds is 8. The average molecular weight is 327 g/mol. The fourth-order valence-corrected chi connectivity index (χ4v) is 2.27. The first-order chi connectivity index (χ1) is 11.6. The van der Waals surface area contributed by atoms with Crippen LogP contribution in [-0.2, 0) is 6.42 Å². The summed E-state index contributed by atoms with van der Waals surface area (Å²) in [5.74, 6) is 0.662. The molecular weight excluding hydrogens is 302 g/mol. The molecule has 128 valence electrons. The number of nitrogens with one attached hydrogen (secondary N) is 2. The molecule has 0 aliphatic rings. The SMILES string of the molecule is CCC(C)Nc1ccnc(C(=O)NCCc2cccc(OC)c2)c1. The summed E-state index contributed by atoms with van der Waals surface area (Å²) < 4.78 is 5.20. The highest BCUT2D eigenvalue weighted by Crippen LogP contribution is 2.13. The molecule has 1 unspecified atom stereocenters. The van der Waals surface area contributed by atoms with Gasteiger partial charge in [0.2, 0.25) is 0 Å². The molecule has 0 bridgehead atoms. The molecule has 1 aromatic carbocycles. The molecule has 2 rings (SSSR count). The maximum atomic E-state index is 12.2. The van der Waals surface area contributed by atoms with Crippen molar-refractivity contribution in [1.82, 2.24) is 10.3 Å². The highest BCUT2D eigenvalue weighted by molar-refractivity contribution is 5.93. The van der Waals surface area contributed by atoms with E-state index in [1.165, 1.54) is 0 Å². The molecule has 1 heterocycles. The van der Waals surface area contributed by atoms with Crippen molar-refractivity contribution < 1.29 is 9.53 Å². The Morgan fingerprint density at radius 3 is 2.88 bits per heavy atom. The molecule has 5 heteroatoms. The van der Waals surface area contributed by atoms with Crippen LogP contribution in [0.4, 0.5) is 5.69 Å². The number of aromatic nitrogens is 1. The molecule has 1 amide bonds. The molecule has 24 heavy (non-hydrogen) atoms. The minimum absolute atomic E-state index is 0.161. The van der Waals surface area contributed by atoms with E-state index in [1.807, 2.05) is 30.3 Å². The highest BCUT2D eigenvalue weighted by Gasteiger charge is 2.08. The van der Waals surface area contributed by atoms with Gasteiger partial charge >= 0.3 is 0 Å². The van der Waals surface area contributed by atoms with E-state index in [4.69, 9.17) is 4.74 Å². The number of carbonyl (C=O) groups excluding carboxylic acids is 1. The van der Waals surface area contributed by atoms with Gasteiger partial charge in [0.25, 0.3) is 5.91 Å². The predicted molar refractivity (Wildman–Crippen MR) is 96.6 cm³/mol. The predicted octanol–water partition coefficient (Wildman–Crippen LogP) is 3.27. The molecule has 2 aromatic rings. The van der Waals surface area contributed by atoms with Crippen LogP contribution in [0, 0.1) is 0 Å². The van der Waals surface area contributed by atoms with E-state index in [1.54, 1.807) is 19.4 Å². The third kappa shape index (κ3) is 5.26. The Morgan fingerprint density at radius 1 is 1.29 bits per heavy atom. The van der Waals surface area contributed by atoms with E-state index in [9.17, 15) is 4.79 Å². The Morgan fingerprint density at radius 2 is 2.12 bits per heavy atom. The van der Waals surface area contributed by atoms with E-state index < -0.39 is 0 Å². The summed E-state index contributed by atoms with van der Waals surface area (Å²) in [7, 11) is 1.65. The van der Waals surface area contributed by atoms with Gasteiger partial charge in [0.15, 0.2) is 0 Å². The van der Waals surface area contributed by atoms with Crippen LogP contribution >= 0.6 is 0 Å². The minimum atomic E-state index is -0.161. The topological polar surface area (TPSA) is 63.2 Å². The normalized spacial score (nSPS) is 11.6. The van der Waals surface area contributed by atoms with E-state index in [0.29, 0.717) is 18.3 Å². The number of benzene rings is 1. The van der Waals surface area contributed by atoms with E-state index in [2.05, 4.69) is 29.5 Å². The molecule has 1 aromatic heterocycles. The van der Waals surface area contributed by atoms with Crippen LogP contribution in [0.2, 0.25) is 0 Å². The molecular formula is C19H25N3O2. The van der Waals surface area contributed by atoms with Gasteiger partial charge in [-0.1, -0.05) is 19.1 Å². The van der Waals surface area contributed by atoms with Gasteiger partial charge in [-0.3, -0.25) is 9.78 Å². The van der Waals surface area contributed by atoms with Crippen molar-refractivity contribution in [3.63, 3.8) is 0 Å². The number of carbonyl (C=O) groups is 1. The molecule has 1 atom stereocenters. The number of hydrogen-bond acceptors (Lipinski definition) is 4. The zero-order valence-electron chi connectivity index (χ0n) is 14.5. The first-order valence-electron chi connectivity index (χ1n) is 8.26. The second kappa shape index (κ2) is 8.91. The Bertz CT molecular complexity index is 673. The highest BCUT2D eigenvalue weighted by atomic mass is 16.5. The maximum absolute atomic E-state index is 12.2. The Kier molecular flexibility index (Phi) is 6.61. The number of anilines is 1. The number of nitrogens with zero attached hydrogens (tertiary/aromatic N) is 1. The quantitative estimate of drug-likeness (QED) is 0.781. The van der Waals surface area contributed by atoms with Crippen LogP contribution in [0.5, 0.6) is 5.75 Å². The second-order valence-corrected chi connectivity index (χ2v) is 5.74. The van der Waals surface area contributed by atoms with Crippen molar-refractivity contribution in [2.75, 3.05) is 19.0 Å². The van der Waals surface area contributed by atoms with Gasteiger partial charge < -0.3 is 15.4 Å². The number of pyridine rings is 1. The Hall–Kier alpha value is -2.56. The monoisotopic (exact) mass is 327 g/mol. The standard InChI is InChI=1S/C19H25N3O2/c1-4-14(2)22-16-9-11-20-18(13-16)19(23)21-10-8-15-6-5-7-17(12-15)24-3/h5-7,9,11-14H,4,8,10H2,1-3H3,(H,20,22)(H,21,23). The van der Waals surface area contributed by atoms with Gasteiger partial charge in [-0.15, -0.1) is 0 Å². The number of methoxy groups -OCH3 is 1. The largest absolute Gasteiger partial charge is 0.497 e. The lowest BCUT2D eigenvalue weighted by molar-refractivity contribution is 0.0949. The summed E-state index contributed by atoms with van der Waals surface area (Å²) in [5.41, 5.74) is 2.46. The molecule has 2 N–H and O–H groups in total. The van der Waals surface area contributed by atoms with Crippen LogP contribution in [0.1, 0.15) is 36.3 Å². The van der Waals surface area contributed by atoms with Crippen molar-refractivity contribution in [3.05, 3.63) is 53.9 Å². The van der Waals surface area contributed by atoms with Gasteiger partial charge in [0, 0.05) is 24.5 Å². The first-order valence-corrected chi connectivity index (χ1v) is 8.26. The molecule has 0 saturated carbocycles. The molecule has 0 aliphatic heterocycles. The van der Waals surface area contributed by atoms with Crippen LogP contribution in [0.15, 0.2) is 42.6 Å². The molecule has 0 saturated heterocycles. The number of hydrogen-bond donors (Lipinski definition) is 2. The summed E-state index contributed by atoms with van der Waals surface area (Å²) in [6.07, 6.45) is 3.42. The van der Waals surface area contributed by atoms with Crippen molar-refractivity contribution in [3.8, 4) is 5.75 Å². The third-order valence-electron chi connectivity index (χ3n) is 3.85. The van der Waals surface area contributed by atoms with Gasteiger partial charge in [-0.2, -0.15) is 0 Å². The van der Waals surface area contributed by atoms with Gasteiger partial charge in [-0.25, -0.2) is 0 Å². The molecule has 0 fully saturated rings. The molecule has 0 radical (unpaired) electrons. The summed E-state index contributed by atoms with van der Waals surface area (Å²) in [4.78, 5) is 16.4. The van der Waals surface area contributed by atoms with Crippen LogP contribution < -0.4 is 15.4 Å². The summed E-state index contributed by atoms with van der Waals surface area (Å²) in [6, 6.07) is 11.9. The molecule has 0 spiro atoms. The summed E-state index contributed by atoms with van der Waals surface area (Å²) in [5, 5.41) is 6.26. The lowest BCUT2D eigenvalue weighted by Crippen LogP contribution is -2.26. The zero-order chi connectivity index (χ0) is 17.4. The van der Waals surface area contributed by atoms with Crippen molar-refractivity contribution in [2.45, 2.75) is 32.7 Å². The molecule has 5 nitrogen and oxygen atoms in total. The number of ether oxygens (including phenoxy) is 1. The van der Waals surface area contributed by atoms with E-state index in [0.717, 1.165) is 29.8 Å². The third-order valence-corrected chi connectivity index (χ3v) is 3.85. The van der Waals surface area contributed by atoms with Gasteiger partial charge in [0.1, 0.15) is 11.4 Å². The van der Waals surface area contributed by atoms with Crippen LogP contribution in [-0.4, -0.2) is 30.6 Å². The lowest BCUT2D eigenvalue weighted by atomic mass is 10.1. The number of amides is 1. The Labute approximate surface area is 143 Å². The zero-order valence-corrected chi connectivity index (χ0v) is 14.5. The van der Waals surface area contributed by atoms with Crippen molar-refractivity contribution in [2.24, 2.45) is 0 Å². The summed E-state index contributed by atoms with van der Waals surface area (Å²) in [6.45, 7) is 4.77. The average Bonchev–Trinajstić information content (AvgIpc) is 2.62. The van der Waals surface area contributed by atoms with Gasteiger partial charge in [-0.05, 0) is 49.6 Å². The first kappa shape index (κ1) is 17.8. The smallest absolute Gasteiger partial charge is 0.269 e. The fraction of sp³-hybridized carbons (Fsp3) is 0.368. The molecule has 0 aliphatic carbocycles. The second-order valence-electron chi connectivity index (χ2n) is 5.74. The maximum Gasteiger partial charge on any atom is 0.269 e. The Balaban J connectivity index is 1.89. The van der Waals surface area contributed by atoms with Crippen LogP contribution in [0.25, 0.3) is 0 Å². The van der Waals surface area contributed by atoms with Crippen molar-refractivity contribution >= 4 is 11.6 Å². The fourth-order valence-electron chi connectivity index (χ4n) is 2.27. The van der Waals surface area contributed by atoms with Gasteiger partial charge in [0.05, 0.1) is 7.11 Å².